The number of anilines is 1. The van der Waals surface area contributed by atoms with E-state index < -0.39 is 18.5 Å². The highest BCUT2D eigenvalue weighted by atomic mass is 16.5. The van der Waals surface area contributed by atoms with Gasteiger partial charge in [0, 0.05) is 17.2 Å². The van der Waals surface area contributed by atoms with Crippen molar-refractivity contribution in [2.75, 3.05) is 11.9 Å². The third-order valence-corrected chi connectivity index (χ3v) is 4.85. The summed E-state index contributed by atoms with van der Waals surface area (Å²) in [6, 6.07) is 14.3. The lowest BCUT2D eigenvalue weighted by atomic mass is 10.2. The Morgan fingerprint density at radius 1 is 1.21 bits per heavy atom. The Labute approximate surface area is 193 Å². The summed E-state index contributed by atoms with van der Waals surface area (Å²) < 4.78 is 17.1. The number of aryl methyl sites for hydroxylation is 1. The van der Waals surface area contributed by atoms with E-state index in [0.717, 1.165) is 0 Å². The third kappa shape index (κ3) is 4.61. The highest BCUT2D eigenvalue weighted by Crippen LogP contribution is 2.25. The molecule has 1 N–H and O–H groups in total. The van der Waals surface area contributed by atoms with Crippen LogP contribution in [0.4, 0.5) is 5.88 Å². The van der Waals surface area contributed by atoms with E-state index in [1.807, 2.05) is 12.1 Å². The molecule has 11 heteroatoms. The molecule has 11 nitrogen and oxygen atoms in total. The third-order valence-electron chi connectivity index (χ3n) is 4.85. The fourth-order valence-electron chi connectivity index (χ4n) is 3.05. The predicted molar refractivity (Wildman–Crippen MR) is 119 cm³/mol. The van der Waals surface area contributed by atoms with Gasteiger partial charge < -0.3 is 13.6 Å². The molecule has 4 aromatic rings. The van der Waals surface area contributed by atoms with Gasteiger partial charge in [-0.1, -0.05) is 30.3 Å². The van der Waals surface area contributed by atoms with Crippen molar-refractivity contribution in [3.63, 3.8) is 0 Å². The number of tetrazole rings is 1. The minimum Gasteiger partial charge on any atom is -0.465 e. The lowest BCUT2D eigenvalue weighted by Gasteiger charge is -2.10. The molecule has 0 spiro atoms. The second-order valence-electron chi connectivity index (χ2n) is 7.05. The molecule has 34 heavy (non-hydrogen) atoms. The van der Waals surface area contributed by atoms with Gasteiger partial charge in [-0.2, -0.15) is 9.94 Å². The Hall–Kier alpha value is -4.98. The largest absolute Gasteiger partial charge is 0.465 e. The summed E-state index contributed by atoms with van der Waals surface area (Å²) >= 11 is 0. The number of hydrogen-bond acceptors (Lipinski definition) is 9. The zero-order valence-electron chi connectivity index (χ0n) is 18.2. The van der Waals surface area contributed by atoms with E-state index in [4.69, 9.17) is 13.6 Å². The number of hydrogen-bond donors (Lipinski definition) is 1. The maximum Gasteiger partial charge on any atom is 0.357 e. The van der Waals surface area contributed by atoms with Gasteiger partial charge in [0.2, 0.25) is 5.88 Å². The molecule has 3 heterocycles. The first-order valence-electron chi connectivity index (χ1n) is 10.0. The molecular formula is C23H18N6O5. The molecule has 3 aromatic heterocycles. The Kier molecular flexibility index (Phi) is 6.31. The molecule has 1 aromatic carbocycles. The maximum atomic E-state index is 13.0. The molecule has 4 rings (SSSR count). The van der Waals surface area contributed by atoms with Gasteiger partial charge >= 0.3 is 5.97 Å². The van der Waals surface area contributed by atoms with Crippen molar-refractivity contribution in [1.29, 1.82) is 5.26 Å². The Morgan fingerprint density at radius 3 is 2.71 bits per heavy atom. The number of furan rings is 2. The van der Waals surface area contributed by atoms with Crippen molar-refractivity contribution in [3.05, 3.63) is 71.4 Å². The van der Waals surface area contributed by atoms with Crippen LogP contribution < -0.4 is 5.32 Å². The summed E-state index contributed by atoms with van der Waals surface area (Å²) in [5, 5.41) is 23.3. The summed E-state index contributed by atoms with van der Waals surface area (Å²) in [6.45, 7) is 2.74. The van der Waals surface area contributed by atoms with E-state index in [1.54, 1.807) is 50.2 Å². The molecule has 0 unspecified atom stereocenters. The zero-order valence-corrected chi connectivity index (χ0v) is 18.2. The summed E-state index contributed by atoms with van der Waals surface area (Å²) in [6.07, 6.45) is 2.84. The summed E-state index contributed by atoms with van der Waals surface area (Å²) in [5.74, 6) is -0.415. The molecular weight excluding hydrogens is 440 g/mol. The first-order valence-corrected chi connectivity index (χ1v) is 10.0. The number of nitrogens with one attached hydrogen (secondary N) is 1. The number of amides is 1. The second kappa shape index (κ2) is 9.66. The Morgan fingerprint density at radius 2 is 2.00 bits per heavy atom. The van der Waals surface area contributed by atoms with Crippen molar-refractivity contribution in [1.82, 2.24) is 20.2 Å². The van der Waals surface area contributed by atoms with E-state index in [0.29, 0.717) is 28.5 Å². The number of esters is 1. The van der Waals surface area contributed by atoms with Gasteiger partial charge in [-0.05, 0) is 36.4 Å². The van der Waals surface area contributed by atoms with Gasteiger partial charge in [0.15, 0.2) is 18.1 Å². The highest BCUT2D eigenvalue weighted by molar-refractivity contribution is 6.16. The lowest BCUT2D eigenvalue weighted by Crippen LogP contribution is -2.23. The van der Waals surface area contributed by atoms with E-state index in [-0.39, 0.29) is 17.1 Å². The lowest BCUT2D eigenvalue weighted by molar-refractivity contribution is -0.141. The standard InChI is InChI=1S/C23H18N6O5/c1-14-15(2)34-22(18(14)12-24)25-20(30)13-33-23(31)19(11-17-9-6-10-32-17)29-21(26-27-28-29)16-7-4-3-5-8-16/h3-11H,13H2,1-2H3,(H,25,30)/b19-11-. The molecule has 0 aliphatic heterocycles. The number of carbonyl (C=O) groups is 2. The van der Waals surface area contributed by atoms with Crippen LogP contribution in [-0.4, -0.2) is 38.7 Å². The van der Waals surface area contributed by atoms with E-state index in [1.165, 1.54) is 17.0 Å². The zero-order chi connectivity index (χ0) is 24.1. The van der Waals surface area contributed by atoms with Gasteiger partial charge in [0.25, 0.3) is 5.91 Å². The molecule has 170 valence electrons. The first kappa shape index (κ1) is 22.2. The first-order chi connectivity index (χ1) is 16.5. The Bertz CT molecular complexity index is 1390. The van der Waals surface area contributed by atoms with Crippen LogP contribution in [0.5, 0.6) is 0 Å². The number of aromatic nitrogens is 4. The molecule has 0 aliphatic rings. The molecule has 0 radical (unpaired) electrons. The number of benzene rings is 1. The van der Waals surface area contributed by atoms with Crippen molar-refractivity contribution < 1.29 is 23.2 Å². The van der Waals surface area contributed by atoms with E-state index >= 15 is 0 Å². The molecule has 0 saturated heterocycles. The van der Waals surface area contributed by atoms with Gasteiger partial charge in [0.1, 0.15) is 23.2 Å². The van der Waals surface area contributed by atoms with Crippen LogP contribution in [0.2, 0.25) is 0 Å². The molecule has 0 aliphatic carbocycles. The topological polar surface area (TPSA) is 149 Å². The minimum atomic E-state index is -0.872. The number of nitriles is 1. The van der Waals surface area contributed by atoms with E-state index in [2.05, 4.69) is 20.8 Å². The fourth-order valence-corrected chi connectivity index (χ4v) is 3.05. The average molecular weight is 458 g/mol. The van der Waals surface area contributed by atoms with Gasteiger partial charge in [0.05, 0.1) is 6.26 Å². The van der Waals surface area contributed by atoms with Crippen molar-refractivity contribution in [2.24, 2.45) is 0 Å². The second-order valence-corrected chi connectivity index (χ2v) is 7.05. The van der Waals surface area contributed by atoms with Gasteiger partial charge in [-0.15, -0.1) is 5.10 Å². The van der Waals surface area contributed by atoms with Crippen molar-refractivity contribution in [3.8, 4) is 17.5 Å². The monoisotopic (exact) mass is 458 g/mol. The molecule has 0 saturated carbocycles. The van der Waals surface area contributed by atoms with Crippen LogP contribution in [0.15, 0.2) is 57.6 Å². The highest BCUT2D eigenvalue weighted by Gasteiger charge is 2.23. The number of nitrogens with zero attached hydrogens (tertiary/aromatic N) is 5. The number of carbonyl (C=O) groups excluding carboxylic acids is 2. The SMILES string of the molecule is Cc1oc(NC(=O)COC(=O)/C(=C/c2ccco2)n2nnnc2-c2ccccc2)c(C#N)c1C. The summed E-state index contributed by atoms with van der Waals surface area (Å²) in [4.78, 5) is 25.4. The van der Waals surface area contributed by atoms with Crippen LogP contribution in [0.3, 0.4) is 0 Å². The maximum absolute atomic E-state index is 13.0. The number of rotatable bonds is 7. The van der Waals surface area contributed by atoms with Crippen LogP contribution in [0.25, 0.3) is 23.2 Å². The van der Waals surface area contributed by atoms with Crippen LogP contribution in [0.1, 0.15) is 22.6 Å². The Balaban J connectivity index is 1.56. The normalized spacial score (nSPS) is 11.1. The number of ether oxygens (including phenoxy) is 1. The van der Waals surface area contributed by atoms with Crippen molar-refractivity contribution in [2.45, 2.75) is 13.8 Å². The quantitative estimate of drug-likeness (QED) is 0.325. The summed E-state index contributed by atoms with van der Waals surface area (Å²) in [5.41, 5.74) is 1.41. The predicted octanol–water partition coefficient (Wildman–Crippen LogP) is 3.19. The molecule has 0 fully saturated rings. The summed E-state index contributed by atoms with van der Waals surface area (Å²) in [7, 11) is 0. The van der Waals surface area contributed by atoms with Gasteiger partial charge in [-0.25, -0.2) is 4.79 Å². The minimum absolute atomic E-state index is 0.00302. The smallest absolute Gasteiger partial charge is 0.357 e. The van der Waals surface area contributed by atoms with Gasteiger partial charge in [-0.3, -0.25) is 10.1 Å². The average Bonchev–Trinajstić information content (AvgIpc) is 3.58. The fraction of sp³-hybridized carbons (Fsp3) is 0.130. The van der Waals surface area contributed by atoms with E-state index in [9.17, 15) is 14.9 Å². The molecule has 0 atom stereocenters. The molecule has 0 bridgehead atoms. The van der Waals surface area contributed by atoms with Crippen molar-refractivity contribution >= 4 is 29.5 Å². The van der Waals surface area contributed by atoms with Crippen LogP contribution >= 0.6 is 0 Å². The van der Waals surface area contributed by atoms with Crippen LogP contribution in [-0.2, 0) is 14.3 Å². The molecule has 1 amide bonds. The van der Waals surface area contributed by atoms with Crippen LogP contribution in [0, 0.1) is 25.2 Å².